The van der Waals surface area contributed by atoms with Crippen LogP contribution >= 0.6 is 12.4 Å². The number of hydrogen-bond donors (Lipinski definition) is 1. The van der Waals surface area contributed by atoms with Gasteiger partial charge in [0.25, 0.3) is 5.56 Å². The number of carbonyl (C=O) groups is 1. The summed E-state index contributed by atoms with van der Waals surface area (Å²) >= 11 is 0. The number of aryl methyl sites for hydroxylation is 1. The van der Waals surface area contributed by atoms with E-state index >= 15 is 0 Å². The monoisotopic (exact) mass is 337 g/mol. The third-order valence-electron chi connectivity index (χ3n) is 3.99. The number of aromatic nitrogens is 3. The van der Waals surface area contributed by atoms with Gasteiger partial charge in [0.2, 0.25) is 5.91 Å². The van der Waals surface area contributed by atoms with E-state index in [1.807, 2.05) is 17.9 Å². The average molecular weight is 338 g/mol. The van der Waals surface area contributed by atoms with Crippen LogP contribution in [0.2, 0.25) is 0 Å². The van der Waals surface area contributed by atoms with Crippen LogP contribution in [-0.2, 0) is 11.3 Å². The van der Waals surface area contributed by atoms with Crippen molar-refractivity contribution in [1.82, 2.24) is 25.2 Å². The SMILES string of the molecule is CC1CNCCN1C(=O)CCn1nnc2ccccc2c1=O.Cl. The van der Waals surface area contributed by atoms with Crippen LogP contribution < -0.4 is 10.9 Å². The first kappa shape index (κ1) is 17.4. The van der Waals surface area contributed by atoms with Gasteiger partial charge >= 0.3 is 0 Å². The molecule has 1 N–H and O–H groups in total. The quantitative estimate of drug-likeness (QED) is 0.878. The number of fused-ring (bicyclic) bond motifs is 1. The van der Waals surface area contributed by atoms with Gasteiger partial charge in [0.15, 0.2) is 0 Å². The number of piperazine rings is 1. The molecule has 2 heterocycles. The highest BCUT2D eigenvalue weighted by atomic mass is 35.5. The third-order valence-corrected chi connectivity index (χ3v) is 3.99. The molecule has 1 saturated heterocycles. The van der Waals surface area contributed by atoms with Gasteiger partial charge in [0.1, 0.15) is 5.52 Å². The summed E-state index contributed by atoms with van der Waals surface area (Å²) in [6.07, 6.45) is 0.261. The molecule has 1 aliphatic heterocycles. The Labute approximate surface area is 140 Å². The fourth-order valence-electron chi connectivity index (χ4n) is 2.73. The van der Waals surface area contributed by atoms with Crippen LogP contribution in [0, 0.1) is 0 Å². The summed E-state index contributed by atoms with van der Waals surface area (Å²) in [5.74, 6) is 0.0517. The molecular weight excluding hydrogens is 318 g/mol. The maximum absolute atomic E-state index is 12.3. The Morgan fingerprint density at radius 1 is 1.39 bits per heavy atom. The van der Waals surface area contributed by atoms with Crippen molar-refractivity contribution in [3.8, 4) is 0 Å². The Morgan fingerprint density at radius 3 is 2.96 bits per heavy atom. The van der Waals surface area contributed by atoms with E-state index < -0.39 is 0 Å². The van der Waals surface area contributed by atoms with Crippen molar-refractivity contribution in [2.75, 3.05) is 19.6 Å². The van der Waals surface area contributed by atoms with E-state index in [0.717, 1.165) is 13.1 Å². The second-order valence-corrected chi connectivity index (χ2v) is 5.53. The fourth-order valence-corrected chi connectivity index (χ4v) is 2.73. The van der Waals surface area contributed by atoms with Crippen LogP contribution in [0.15, 0.2) is 29.1 Å². The first-order valence-electron chi connectivity index (χ1n) is 7.49. The predicted molar refractivity (Wildman–Crippen MR) is 89.7 cm³/mol. The van der Waals surface area contributed by atoms with Crippen molar-refractivity contribution >= 4 is 29.2 Å². The summed E-state index contributed by atoms with van der Waals surface area (Å²) in [5.41, 5.74) is 0.373. The smallest absolute Gasteiger partial charge is 0.277 e. The summed E-state index contributed by atoms with van der Waals surface area (Å²) < 4.78 is 1.27. The van der Waals surface area contributed by atoms with Gasteiger partial charge in [0, 0.05) is 32.1 Å². The van der Waals surface area contributed by atoms with Crippen LogP contribution in [-0.4, -0.2) is 51.5 Å². The zero-order valence-electron chi connectivity index (χ0n) is 12.9. The number of carbonyl (C=O) groups excluding carboxylic acids is 1. The zero-order valence-corrected chi connectivity index (χ0v) is 13.8. The number of hydrogen-bond acceptors (Lipinski definition) is 5. The molecule has 1 aliphatic rings. The number of halogens is 1. The fraction of sp³-hybridized carbons (Fsp3) is 0.467. The highest BCUT2D eigenvalue weighted by Crippen LogP contribution is 2.06. The second kappa shape index (κ2) is 7.52. The van der Waals surface area contributed by atoms with E-state index in [4.69, 9.17) is 0 Å². The molecule has 0 radical (unpaired) electrons. The number of nitrogens with zero attached hydrogens (tertiary/aromatic N) is 4. The molecule has 1 amide bonds. The topological polar surface area (TPSA) is 80.1 Å². The molecule has 0 aliphatic carbocycles. The molecular formula is C15H20ClN5O2. The van der Waals surface area contributed by atoms with Gasteiger partial charge in [-0.25, -0.2) is 4.68 Å². The third kappa shape index (κ3) is 3.68. The molecule has 2 aromatic rings. The van der Waals surface area contributed by atoms with E-state index in [1.54, 1.807) is 18.2 Å². The first-order chi connectivity index (χ1) is 10.7. The van der Waals surface area contributed by atoms with Gasteiger partial charge in [-0.05, 0) is 19.1 Å². The summed E-state index contributed by atoms with van der Waals surface area (Å²) in [4.78, 5) is 26.5. The van der Waals surface area contributed by atoms with Gasteiger partial charge in [0.05, 0.1) is 11.9 Å². The van der Waals surface area contributed by atoms with Crippen molar-refractivity contribution < 1.29 is 4.79 Å². The number of rotatable bonds is 3. The molecule has 7 nitrogen and oxygen atoms in total. The Hall–Kier alpha value is -1.99. The zero-order chi connectivity index (χ0) is 15.5. The van der Waals surface area contributed by atoms with Crippen molar-refractivity contribution in [2.45, 2.75) is 25.9 Å². The molecule has 124 valence electrons. The molecule has 1 aromatic carbocycles. The van der Waals surface area contributed by atoms with Gasteiger partial charge in [-0.3, -0.25) is 9.59 Å². The molecule has 1 atom stereocenters. The van der Waals surface area contributed by atoms with Gasteiger partial charge in [-0.15, -0.1) is 17.5 Å². The Kier molecular flexibility index (Phi) is 5.68. The maximum atomic E-state index is 12.3. The highest BCUT2D eigenvalue weighted by Gasteiger charge is 2.22. The van der Waals surface area contributed by atoms with E-state index in [1.165, 1.54) is 4.68 Å². The lowest BCUT2D eigenvalue weighted by Crippen LogP contribution is -2.52. The molecule has 1 unspecified atom stereocenters. The van der Waals surface area contributed by atoms with Crippen molar-refractivity contribution in [1.29, 1.82) is 0 Å². The van der Waals surface area contributed by atoms with Crippen LogP contribution in [0.3, 0.4) is 0 Å². The highest BCUT2D eigenvalue weighted by molar-refractivity contribution is 5.85. The molecule has 1 aromatic heterocycles. The van der Waals surface area contributed by atoms with Crippen LogP contribution in [0.5, 0.6) is 0 Å². The van der Waals surface area contributed by atoms with E-state index in [9.17, 15) is 9.59 Å². The van der Waals surface area contributed by atoms with Crippen LogP contribution in [0.1, 0.15) is 13.3 Å². The summed E-state index contributed by atoms with van der Waals surface area (Å²) in [6.45, 7) is 4.60. The van der Waals surface area contributed by atoms with E-state index in [-0.39, 0.29) is 42.9 Å². The average Bonchev–Trinajstić information content (AvgIpc) is 2.55. The number of benzene rings is 1. The lowest BCUT2D eigenvalue weighted by atomic mass is 10.2. The molecule has 3 rings (SSSR count). The summed E-state index contributed by atoms with van der Waals surface area (Å²) in [5, 5.41) is 11.7. The standard InChI is InChI=1S/C15H19N5O2.ClH/c1-11-10-16-7-9-19(11)14(21)6-8-20-15(22)12-4-2-3-5-13(12)17-18-20;/h2-5,11,16H,6-10H2,1H3;1H. The lowest BCUT2D eigenvalue weighted by molar-refractivity contribution is -0.134. The van der Waals surface area contributed by atoms with E-state index in [0.29, 0.717) is 17.4 Å². The molecule has 1 fully saturated rings. The minimum Gasteiger partial charge on any atom is -0.337 e. The normalized spacial score (nSPS) is 17.8. The summed E-state index contributed by atoms with van der Waals surface area (Å²) in [6, 6.07) is 7.27. The lowest BCUT2D eigenvalue weighted by Gasteiger charge is -2.34. The first-order valence-corrected chi connectivity index (χ1v) is 7.49. The van der Waals surface area contributed by atoms with Gasteiger partial charge < -0.3 is 10.2 Å². The minimum absolute atomic E-state index is 0. The molecule has 0 bridgehead atoms. The largest absolute Gasteiger partial charge is 0.337 e. The minimum atomic E-state index is -0.202. The van der Waals surface area contributed by atoms with Crippen LogP contribution in [0.25, 0.3) is 10.9 Å². The van der Waals surface area contributed by atoms with Crippen molar-refractivity contribution in [3.05, 3.63) is 34.6 Å². The van der Waals surface area contributed by atoms with Crippen molar-refractivity contribution in [3.63, 3.8) is 0 Å². The maximum Gasteiger partial charge on any atom is 0.277 e. The van der Waals surface area contributed by atoms with Crippen LogP contribution in [0.4, 0.5) is 0 Å². The second-order valence-electron chi connectivity index (χ2n) is 5.53. The molecule has 23 heavy (non-hydrogen) atoms. The Morgan fingerprint density at radius 2 is 2.17 bits per heavy atom. The number of amides is 1. The van der Waals surface area contributed by atoms with Crippen molar-refractivity contribution in [2.24, 2.45) is 0 Å². The van der Waals surface area contributed by atoms with Gasteiger partial charge in [-0.2, -0.15) is 0 Å². The molecule has 8 heteroatoms. The molecule has 0 saturated carbocycles. The predicted octanol–water partition coefficient (Wildman–Crippen LogP) is 0.424. The van der Waals surface area contributed by atoms with E-state index in [2.05, 4.69) is 15.6 Å². The van der Waals surface area contributed by atoms with Gasteiger partial charge in [-0.1, -0.05) is 17.3 Å². The Balaban J connectivity index is 0.00000192. The summed E-state index contributed by atoms with van der Waals surface area (Å²) in [7, 11) is 0. The number of nitrogens with one attached hydrogen (secondary N) is 1. The Bertz CT molecular complexity index is 748. The molecule has 0 spiro atoms.